The first-order valence-corrected chi connectivity index (χ1v) is 10.2. The molecule has 6 nitrogen and oxygen atoms in total. The maximum atomic E-state index is 13.3. The molecule has 4 rings (SSSR count). The molecule has 0 saturated heterocycles. The lowest BCUT2D eigenvalue weighted by atomic mass is 9.73. The van der Waals surface area contributed by atoms with Crippen LogP contribution in [0.1, 0.15) is 35.8 Å². The lowest BCUT2D eigenvalue weighted by Gasteiger charge is -2.34. The van der Waals surface area contributed by atoms with Crippen molar-refractivity contribution < 1.29 is 19.4 Å². The molecule has 2 aromatic rings. The third kappa shape index (κ3) is 3.33. The first-order chi connectivity index (χ1) is 14.4. The van der Waals surface area contributed by atoms with E-state index in [0.717, 1.165) is 5.56 Å². The molecule has 0 fully saturated rings. The van der Waals surface area contributed by atoms with Crippen LogP contribution in [0.2, 0.25) is 0 Å². The van der Waals surface area contributed by atoms with Crippen LogP contribution in [-0.4, -0.2) is 18.0 Å². The molecule has 0 amide bonds. The molecule has 2 aliphatic rings. The number of carbonyl (C=O) groups is 1. The summed E-state index contributed by atoms with van der Waals surface area (Å²) in [6.45, 7) is 0. The van der Waals surface area contributed by atoms with Gasteiger partial charge in [0, 0.05) is 18.4 Å². The average molecular weight is 467 g/mol. The van der Waals surface area contributed by atoms with E-state index in [0.29, 0.717) is 34.2 Å². The topological polar surface area (TPSA) is 106 Å². The highest BCUT2D eigenvalue weighted by Gasteiger charge is 2.41. The molecule has 2 atom stereocenters. The number of methoxy groups -OCH3 is 1. The van der Waals surface area contributed by atoms with Crippen LogP contribution in [0, 0.1) is 11.3 Å². The van der Waals surface area contributed by atoms with Gasteiger partial charge in [-0.15, -0.1) is 0 Å². The number of halogens is 1. The van der Waals surface area contributed by atoms with Gasteiger partial charge >= 0.3 is 0 Å². The van der Waals surface area contributed by atoms with Crippen LogP contribution in [0.3, 0.4) is 0 Å². The van der Waals surface area contributed by atoms with E-state index in [1.54, 1.807) is 12.1 Å². The Kier molecular flexibility index (Phi) is 5.27. The van der Waals surface area contributed by atoms with Gasteiger partial charge in [0.2, 0.25) is 5.88 Å². The van der Waals surface area contributed by atoms with Gasteiger partial charge in [-0.1, -0.05) is 30.3 Å². The molecule has 7 heteroatoms. The van der Waals surface area contributed by atoms with Crippen molar-refractivity contribution in [2.75, 3.05) is 7.11 Å². The second-order valence-electron chi connectivity index (χ2n) is 7.25. The largest absolute Gasteiger partial charge is 0.503 e. The predicted octanol–water partition coefficient (Wildman–Crippen LogP) is 4.37. The molecule has 0 aromatic heterocycles. The number of nitriles is 1. The molecule has 0 saturated carbocycles. The zero-order valence-electron chi connectivity index (χ0n) is 16.2. The number of aromatic hydroxyl groups is 1. The molecular formula is C23H19BrN2O4. The van der Waals surface area contributed by atoms with Crippen molar-refractivity contribution in [1.82, 2.24) is 0 Å². The molecule has 30 heavy (non-hydrogen) atoms. The monoisotopic (exact) mass is 466 g/mol. The molecule has 2 aromatic carbocycles. The van der Waals surface area contributed by atoms with Crippen LogP contribution in [0.5, 0.6) is 11.5 Å². The van der Waals surface area contributed by atoms with E-state index < -0.39 is 5.92 Å². The summed E-state index contributed by atoms with van der Waals surface area (Å²) in [7, 11) is 1.44. The lowest BCUT2D eigenvalue weighted by Crippen LogP contribution is -2.29. The maximum Gasteiger partial charge on any atom is 0.205 e. The van der Waals surface area contributed by atoms with Crippen LogP contribution in [0.4, 0.5) is 0 Å². The quantitative estimate of drug-likeness (QED) is 0.695. The van der Waals surface area contributed by atoms with Gasteiger partial charge in [-0.3, -0.25) is 4.79 Å². The molecule has 0 radical (unpaired) electrons. The lowest BCUT2D eigenvalue weighted by molar-refractivity contribution is -0.117. The molecule has 0 spiro atoms. The summed E-state index contributed by atoms with van der Waals surface area (Å²) < 4.78 is 11.4. The number of ether oxygens (including phenoxy) is 2. The van der Waals surface area contributed by atoms with Crippen LogP contribution in [-0.2, 0) is 9.53 Å². The Bertz CT molecular complexity index is 1130. The summed E-state index contributed by atoms with van der Waals surface area (Å²) in [5.74, 6) is -0.134. The van der Waals surface area contributed by atoms with Crippen LogP contribution in [0.25, 0.3) is 0 Å². The second kappa shape index (κ2) is 7.88. The van der Waals surface area contributed by atoms with Crippen molar-refractivity contribution >= 4 is 21.7 Å². The fraction of sp³-hybridized carbons (Fsp3) is 0.217. The van der Waals surface area contributed by atoms with E-state index in [-0.39, 0.29) is 34.7 Å². The number of rotatable bonds is 3. The van der Waals surface area contributed by atoms with Gasteiger partial charge in [0.25, 0.3) is 0 Å². The molecule has 1 heterocycles. The Morgan fingerprint density at radius 3 is 2.63 bits per heavy atom. The van der Waals surface area contributed by atoms with E-state index in [9.17, 15) is 15.2 Å². The molecular weight excluding hydrogens is 448 g/mol. The molecule has 1 aliphatic carbocycles. The second-order valence-corrected chi connectivity index (χ2v) is 8.11. The number of hydrogen-bond donors (Lipinski definition) is 2. The van der Waals surface area contributed by atoms with Crippen LogP contribution < -0.4 is 10.5 Å². The average Bonchev–Trinajstić information content (AvgIpc) is 2.75. The summed E-state index contributed by atoms with van der Waals surface area (Å²) in [5.41, 5.74) is 8.36. The predicted molar refractivity (Wildman–Crippen MR) is 113 cm³/mol. The van der Waals surface area contributed by atoms with Gasteiger partial charge in [0.1, 0.15) is 17.4 Å². The Balaban J connectivity index is 1.84. The maximum absolute atomic E-state index is 13.3. The number of Topliss-reactive ketones (excluding diaryl/α,β-unsaturated/α-hetero) is 1. The molecule has 1 aliphatic heterocycles. The van der Waals surface area contributed by atoms with E-state index in [4.69, 9.17) is 15.2 Å². The first-order valence-electron chi connectivity index (χ1n) is 9.39. The number of allylic oxidation sites excluding steroid dienone is 3. The number of nitrogens with two attached hydrogens (primary N) is 1. The minimum atomic E-state index is -0.686. The SMILES string of the molecule is COc1cc([C@H]2C(C#N)=C(N)OC3=C2C(=O)C[C@@H](c2ccccc2)C3)cc(Br)c1O. The highest BCUT2D eigenvalue weighted by Crippen LogP contribution is 2.48. The number of phenols is 1. The van der Waals surface area contributed by atoms with Crippen molar-refractivity contribution in [3.63, 3.8) is 0 Å². The van der Waals surface area contributed by atoms with Crippen molar-refractivity contribution in [3.8, 4) is 17.6 Å². The van der Waals surface area contributed by atoms with Gasteiger partial charge in [-0.05, 0) is 45.1 Å². The Morgan fingerprint density at radius 2 is 1.97 bits per heavy atom. The van der Waals surface area contributed by atoms with Crippen LogP contribution in [0.15, 0.2) is 69.7 Å². The molecule has 0 bridgehead atoms. The van der Waals surface area contributed by atoms with Gasteiger partial charge in [-0.25, -0.2) is 0 Å². The zero-order chi connectivity index (χ0) is 21.4. The van der Waals surface area contributed by atoms with E-state index in [1.807, 2.05) is 30.3 Å². The summed E-state index contributed by atoms with van der Waals surface area (Å²) in [6, 6.07) is 15.2. The summed E-state index contributed by atoms with van der Waals surface area (Å²) >= 11 is 3.31. The smallest absolute Gasteiger partial charge is 0.205 e. The molecule has 0 unspecified atom stereocenters. The molecule has 152 valence electrons. The first kappa shape index (κ1) is 20.0. The number of benzene rings is 2. The highest BCUT2D eigenvalue weighted by molar-refractivity contribution is 9.10. The van der Waals surface area contributed by atoms with Gasteiger partial charge < -0.3 is 20.3 Å². The number of carbonyl (C=O) groups excluding carboxylic acids is 1. The molecule has 3 N–H and O–H groups in total. The third-order valence-corrected chi connectivity index (χ3v) is 6.14. The van der Waals surface area contributed by atoms with Gasteiger partial charge in [0.05, 0.1) is 17.5 Å². The minimum absolute atomic E-state index is 0.00840. The standard InChI is InChI=1S/C23H19BrN2O4/c1-29-19-10-14(7-16(24)22(19)28)20-15(11-25)23(26)30-18-9-13(8-17(27)21(18)20)12-5-3-2-4-6-12/h2-7,10,13,20,28H,8-9,26H2,1H3/t13-,20+/m1/s1. The number of phenolic OH excluding ortho intramolecular Hbond substituents is 1. The van der Waals surface area contributed by atoms with E-state index in [1.165, 1.54) is 7.11 Å². The number of ketones is 1. The van der Waals surface area contributed by atoms with Crippen molar-refractivity contribution in [2.24, 2.45) is 5.73 Å². The number of nitrogens with zero attached hydrogens (tertiary/aromatic N) is 1. The normalized spacial score (nSPS) is 21.0. The van der Waals surface area contributed by atoms with Crippen LogP contribution >= 0.6 is 15.9 Å². The van der Waals surface area contributed by atoms with Crippen molar-refractivity contribution in [3.05, 3.63) is 80.9 Å². The minimum Gasteiger partial charge on any atom is -0.503 e. The summed E-state index contributed by atoms with van der Waals surface area (Å²) in [4.78, 5) is 13.3. The van der Waals surface area contributed by atoms with Crippen molar-refractivity contribution in [2.45, 2.75) is 24.7 Å². The summed E-state index contributed by atoms with van der Waals surface area (Å²) in [6.07, 6.45) is 0.828. The van der Waals surface area contributed by atoms with Crippen molar-refractivity contribution in [1.29, 1.82) is 5.26 Å². The Labute approximate surface area is 182 Å². The number of hydrogen-bond acceptors (Lipinski definition) is 6. The zero-order valence-corrected chi connectivity index (χ0v) is 17.8. The Morgan fingerprint density at radius 1 is 1.23 bits per heavy atom. The van der Waals surface area contributed by atoms with E-state index in [2.05, 4.69) is 22.0 Å². The highest BCUT2D eigenvalue weighted by atomic mass is 79.9. The third-order valence-electron chi connectivity index (χ3n) is 5.54. The van der Waals surface area contributed by atoms with Gasteiger partial charge in [0.15, 0.2) is 17.3 Å². The Hall–Kier alpha value is -3.24. The van der Waals surface area contributed by atoms with E-state index >= 15 is 0 Å². The summed E-state index contributed by atoms with van der Waals surface area (Å²) in [5, 5.41) is 19.9. The van der Waals surface area contributed by atoms with Gasteiger partial charge in [-0.2, -0.15) is 5.26 Å². The fourth-order valence-corrected chi connectivity index (χ4v) is 4.58. The fourth-order valence-electron chi connectivity index (χ4n) is 4.12.